The maximum Gasteiger partial charge on any atom is 0.0591 e. The second-order valence-electron chi connectivity index (χ2n) is 4.98. The lowest BCUT2D eigenvalue weighted by Crippen LogP contribution is -2.18. The molecule has 0 bridgehead atoms. The number of nitrogens with one attached hydrogen (secondary N) is 1. The van der Waals surface area contributed by atoms with Crippen molar-refractivity contribution in [3.05, 3.63) is 67.4 Å². The smallest absolute Gasteiger partial charge is 0.0591 e. The summed E-state index contributed by atoms with van der Waals surface area (Å²) in [6.07, 6.45) is 0. The fourth-order valence-electron chi connectivity index (χ4n) is 2.68. The predicted molar refractivity (Wildman–Crippen MR) is 99.3 cm³/mol. The molecule has 1 aromatic heterocycles. The Hall–Kier alpha value is -0.680. The number of fused-ring (bicyclic) bond motifs is 1. The molecule has 0 radical (unpaired) electrons. The van der Waals surface area contributed by atoms with Gasteiger partial charge < -0.3 is 5.32 Å². The Kier molecular flexibility index (Phi) is 4.50. The lowest BCUT2D eigenvalue weighted by molar-refractivity contribution is 0.694. The molecule has 1 nitrogen and oxygen atoms in total. The van der Waals surface area contributed by atoms with Crippen molar-refractivity contribution in [1.82, 2.24) is 5.32 Å². The molecular formula is C17H15Br2NS. The first-order chi connectivity index (χ1) is 10.1. The standard InChI is InChI=1S/C17H15Br2NS/c1-10-11(5-3-7-14(10)18)16(20-2)13-9-21-17-12(13)6-4-8-15(17)19/h3-9,16,20H,1-2H3. The summed E-state index contributed by atoms with van der Waals surface area (Å²) < 4.78 is 3.62. The molecule has 0 fully saturated rings. The van der Waals surface area contributed by atoms with E-state index in [1.165, 1.54) is 26.8 Å². The van der Waals surface area contributed by atoms with Crippen molar-refractivity contribution < 1.29 is 0 Å². The largest absolute Gasteiger partial charge is 0.309 e. The van der Waals surface area contributed by atoms with Crippen molar-refractivity contribution in [2.24, 2.45) is 0 Å². The quantitative estimate of drug-likeness (QED) is 0.540. The van der Waals surface area contributed by atoms with Gasteiger partial charge in [0.1, 0.15) is 0 Å². The van der Waals surface area contributed by atoms with Gasteiger partial charge in [0.05, 0.1) is 6.04 Å². The topological polar surface area (TPSA) is 12.0 Å². The normalized spacial score (nSPS) is 12.8. The molecule has 1 atom stereocenters. The lowest BCUT2D eigenvalue weighted by atomic mass is 9.95. The van der Waals surface area contributed by atoms with Crippen molar-refractivity contribution in [2.45, 2.75) is 13.0 Å². The van der Waals surface area contributed by atoms with E-state index in [4.69, 9.17) is 0 Å². The van der Waals surface area contributed by atoms with E-state index in [2.05, 4.69) is 85.9 Å². The average Bonchev–Trinajstić information content (AvgIpc) is 2.90. The van der Waals surface area contributed by atoms with Gasteiger partial charge in [0.25, 0.3) is 0 Å². The summed E-state index contributed by atoms with van der Waals surface area (Å²) in [5, 5.41) is 7.04. The summed E-state index contributed by atoms with van der Waals surface area (Å²) in [5.74, 6) is 0. The molecule has 108 valence electrons. The highest BCUT2D eigenvalue weighted by Crippen LogP contribution is 2.38. The Bertz CT molecular complexity index is 795. The van der Waals surface area contributed by atoms with Crippen molar-refractivity contribution >= 4 is 53.3 Å². The molecule has 1 unspecified atom stereocenters. The summed E-state index contributed by atoms with van der Waals surface area (Å²) in [6.45, 7) is 2.16. The van der Waals surface area contributed by atoms with Crippen LogP contribution in [0.2, 0.25) is 0 Å². The van der Waals surface area contributed by atoms with Crippen molar-refractivity contribution in [3.63, 3.8) is 0 Å². The van der Waals surface area contributed by atoms with Crippen LogP contribution in [0.4, 0.5) is 0 Å². The van der Waals surface area contributed by atoms with E-state index in [0.717, 1.165) is 8.95 Å². The molecule has 3 rings (SSSR count). The number of benzene rings is 2. The fourth-order valence-corrected chi connectivity index (χ4v) is 4.71. The van der Waals surface area contributed by atoms with Gasteiger partial charge in [0.15, 0.2) is 0 Å². The Balaban J connectivity index is 2.19. The van der Waals surface area contributed by atoms with Crippen molar-refractivity contribution in [2.75, 3.05) is 7.05 Å². The summed E-state index contributed by atoms with van der Waals surface area (Å²) >= 11 is 9.07. The van der Waals surface area contributed by atoms with E-state index in [1.807, 2.05) is 7.05 Å². The predicted octanol–water partition coefficient (Wildman–Crippen LogP) is 6.04. The van der Waals surface area contributed by atoms with Crippen LogP contribution in [0, 0.1) is 6.92 Å². The van der Waals surface area contributed by atoms with Gasteiger partial charge in [-0.05, 0) is 69.5 Å². The van der Waals surface area contributed by atoms with Gasteiger partial charge >= 0.3 is 0 Å². The molecule has 0 spiro atoms. The molecule has 3 aromatic rings. The van der Waals surface area contributed by atoms with Gasteiger partial charge in [-0.25, -0.2) is 0 Å². The highest BCUT2D eigenvalue weighted by atomic mass is 79.9. The molecule has 1 N–H and O–H groups in total. The van der Waals surface area contributed by atoms with Crippen LogP contribution in [0.25, 0.3) is 10.1 Å². The minimum absolute atomic E-state index is 0.200. The van der Waals surface area contributed by atoms with E-state index in [0.29, 0.717) is 0 Å². The molecule has 0 aliphatic heterocycles. The van der Waals surface area contributed by atoms with E-state index >= 15 is 0 Å². The zero-order valence-electron chi connectivity index (χ0n) is 11.8. The second-order valence-corrected chi connectivity index (χ2v) is 7.57. The third kappa shape index (κ3) is 2.70. The third-order valence-corrected chi connectivity index (χ3v) is 6.63. The molecule has 0 aliphatic carbocycles. The van der Waals surface area contributed by atoms with Gasteiger partial charge in [0, 0.05) is 13.6 Å². The van der Waals surface area contributed by atoms with Crippen LogP contribution in [-0.4, -0.2) is 7.05 Å². The summed E-state index contributed by atoms with van der Waals surface area (Å²) in [6, 6.07) is 13.0. The Labute approximate surface area is 145 Å². The first kappa shape index (κ1) is 15.2. The second kappa shape index (κ2) is 6.21. The van der Waals surface area contributed by atoms with Crippen LogP contribution in [0.15, 0.2) is 50.7 Å². The van der Waals surface area contributed by atoms with E-state index in [9.17, 15) is 0 Å². The number of halogens is 2. The van der Waals surface area contributed by atoms with Crippen LogP contribution in [-0.2, 0) is 0 Å². The summed E-state index contributed by atoms with van der Waals surface area (Å²) in [5.41, 5.74) is 3.93. The zero-order valence-corrected chi connectivity index (χ0v) is 15.8. The first-order valence-corrected chi connectivity index (χ1v) is 9.18. The van der Waals surface area contributed by atoms with Gasteiger partial charge in [-0.2, -0.15) is 0 Å². The molecule has 1 heterocycles. The minimum Gasteiger partial charge on any atom is -0.309 e. The van der Waals surface area contributed by atoms with E-state index < -0.39 is 0 Å². The maximum absolute atomic E-state index is 3.65. The summed E-state index contributed by atoms with van der Waals surface area (Å²) in [4.78, 5) is 0. The molecule has 2 aromatic carbocycles. The van der Waals surface area contributed by atoms with E-state index in [-0.39, 0.29) is 6.04 Å². The van der Waals surface area contributed by atoms with Crippen LogP contribution < -0.4 is 5.32 Å². The van der Waals surface area contributed by atoms with Gasteiger partial charge in [-0.15, -0.1) is 11.3 Å². The maximum atomic E-state index is 3.65. The Morgan fingerprint density at radius 2 is 1.71 bits per heavy atom. The summed E-state index contributed by atoms with van der Waals surface area (Å²) in [7, 11) is 2.02. The highest BCUT2D eigenvalue weighted by Gasteiger charge is 2.19. The Morgan fingerprint density at radius 3 is 2.48 bits per heavy atom. The molecule has 21 heavy (non-hydrogen) atoms. The Morgan fingerprint density at radius 1 is 1.00 bits per heavy atom. The molecule has 0 aliphatic rings. The van der Waals surface area contributed by atoms with Crippen LogP contribution in [0.3, 0.4) is 0 Å². The monoisotopic (exact) mass is 423 g/mol. The van der Waals surface area contributed by atoms with Crippen LogP contribution in [0.5, 0.6) is 0 Å². The highest BCUT2D eigenvalue weighted by molar-refractivity contribution is 9.11. The zero-order chi connectivity index (χ0) is 15.0. The van der Waals surface area contributed by atoms with Gasteiger partial charge in [-0.1, -0.05) is 40.2 Å². The molecule has 0 saturated heterocycles. The van der Waals surface area contributed by atoms with Crippen LogP contribution in [0.1, 0.15) is 22.7 Å². The lowest BCUT2D eigenvalue weighted by Gasteiger charge is -2.19. The number of hydrogen-bond donors (Lipinski definition) is 1. The molecular weight excluding hydrogens is 410 g/mol. The molecule has 0 amide bonds. The number of hydrogen-bond acceptors (Lipinski definition) is 2. The average molecular weight is 425 g/mol. The third-order valence-electron chi connectivity index (χ3n) is 3.80. The molecule has 0 saturated carbocycles. The number of rotatable bonds is 3. The minimum atomic E-state index is 0.200. The van der Waals surface area contributed by atoms with Crippen LogP contribution >= 0.6 is 43.2 Å². The number of thiophene rings is 1. The molecule has 4 heteroatoms. The first-order valence-electron chi connectivity index (χ1n) is 6.71. The van der Waals surface area contributed by atoms with Gasteiger partial charge in [-0.3, -0.25) is 0 Å². The van der Waals surface area contributed by atoms with Crippen molar-refractivity contribution in [1.29, 1.82) is 0 Å². The van der Waals surface area contributed by atoms with E-state index in [1.54, 1.807) is 11.3 Å². The van der Waals surface area contributed by atoms with Gasteiger partial charge in [0.2, 0.25) is 0 Å². The SMILES string of the molecule is CNC(c1cccc(Br)c1C)c1csc2c(Br)cccc12. The fraction of sp³-hybridized carbons (Fsp3) is 0.176. The van der Waals surface area contributed by atoms with Crippen molar-refractivity contribution in [3.8, 4) is 0 Å².